The molecule has 1 aromatic rings. The molecule has 1 saturated carbocycles. The van der Waals surface area contributed by atoms with E-state index in [1.54, 1.807) is 6.07 Å². The normalized spacial score (nSPS) is 16.1. The number of carbonyl (C=O) groups excluding carboxylic acids is 1. The number of amides is 1. The smallest absolute Gasteiger partial charge is 0.254 e. The summed E-state index contributed by atoms with van der Waals surface area (Å²) >= 11 is 0. The number of hydrogen-bond acceptors (Lipinski definition) is 4. The third-order valence-corrected chi connectivity index (χ3v) is 4.07. The van der Waals surface area contributed by atoms with E-state index in [1.165, 1.54) is 12.8 Å². The fourth-order valence-electron chi connectivity index (χ4n) is 2.33. The summed E-state index contributed by atoms with van der Waals surface area (Å²) in [6, 6.07) is 3.86. The first-order valence-corrected chi connectivity index (χ1v) is 7.19. The van der Waals surface area contributed by atoms with Crippen LogP contribution in [0.2, 0.25) is 0 Å². The second-order valence-electron chi connectivity index (χ2n) is 5.96. The van der Waals surface area contributed by atoms with Crippen LogP contribution >= 0.6 is 0 Å². The van der Waals surface area contributed by atoms with Crippen molar-refractivity contribution in [1.82, 2.24) is 9.88 Å². The molecule has 0 spiro atoms. The topological polar surface area (TPSA) is 71.2 Å². The Morgan fingerprint density at radius 2 is 2.05 bits per heavy atom. The summed E-state index contributed by atoms with van der Waals surface area (Å²) in [5.41, 5.74) is 4.06. The summed E-state index contributed by atoms with van der Waals surface area (Å²) in [6.07, 6.45) is 2.45. The summed E-state index contributed by atoms with van der Waals surface area (Å²) < 4.78 is 0. The lowest BCUT2D eigenvalue weighted by Crippen LogP contribution is -2.36. The molecule has 2 rings (SSSR count). The Balaban J connectivity index is 2.25. The predicted octanol–water partition coefficient (Wildman–Crippen LogP) is 2.36. The van der Waals surface area contributed by atoms with Crippen LogP contribution in [0.3, 0.4) is 0 Å². The van der Waals surface area contributed by atoms with Crippen LogP contribution < -0.4 is 11.3 Å². The number of nitrogen functional groups attached to an aromatic ring is 1. The third-order valence-electron chi connectivity index (χ3n) is 4.07. The number of anilines is 1. The van der Waals surface area contributed by atoms with Crippen LogP contribution in [0.25, 0.3) is 0 Å². The highest BCUT2D eigenvalue weighted by atomic mass is 16.2. The molecular weight excluding hydrogens is 252 g/mol. The van der Waals surface area contributed by atoms with Crippen LogP contribution in [-0.2, 0) is 0 Å². The molecule has 0 aromatic carbocycles. The number of rotatable bonds is 5. The molecule has 1 aromatic heterocycles. The van der Waals surface area contributed by atoms with E-state index in [2.05, 4.69) is 17.3 Å². The van der Waals surface area contributed by atoms with Crippen LogP contribution in [0.4, 0.5) is 5.82 Å². The fraction of sp³-hybridized carbons (Fsp3) is 0.600. The zero-order chi connectivity index (χ0) is 14.9. The standard InChI is InChI=1S/C15H24N4O/c1-9(2)13-7-12(8-14(17-13)18-16)15(20)19(4)10(3)11-5-6-11/h7-11H,5-6,16H2,1-4H3,(H,17,18). The molecule has 5 heteroatoms. The van der Waals surface area contributed by atoms with E-state index in [0.29, 0.717) is 17.3 Å². The van der Waals surface area contributed by atoms with Crippen LogP contribution in [0, 0.1) is 5.92 Å². The quantitative estimate of drug-likeness (QED) is 0.640. The minimum absolute atomic E-state index is 0.0326. The van der Waals surface area contributed by atoms with Crippen molar-refractivity contribution >= 4 is 11.7 Å². The van der Waals surface area contributed by atoms with Crippen molar-refractivity contribution in [2.24, 2.45) is 11.8 Å². The van der Waals surface area contributed by atoms with Gasteiger partial charge in [0, 0.05) is 24.3 Å². The monoisotopic (exact) mass is 276 g/mol. The first kappa shape index (κ1) is 14.8. The van der Waals surface area contributed by atoms with Crippen LogP contribution in [-0.4, -0.2) is 28.9 Å². The third kappa shape index (κ3) is 3.10. The van der Waals surface area contributed by atoms with Gasteiger partial charge in [-0.25, -0.2) is 10.8 Å². The van der Waals surface area contributed by atoms with Crippen molar-refractivity contribution in [2.75, 3.05) is 12.5 Å². The second kappa shape index (κ2) is 5.79. The molecule has 0 saturated heterocycles. The summed E-state index contributed by atoms with van der Waals surface area (Å²) in [5.74, 6) is 6.92. The van der Waals surface area contributed by atoms with E-state index < -0.39 is 0 Å². The molecule has 0 bridgehead atoms. The van der Waals surface area contributed by atoms with E-state index in [1.807, 2.05) is 31.9 Å². The largest absolute Gasteiger partial charge is 0.339 e. The Hall–Kier alpha value is -1.62. The number of nitrogens with one attached hydrogen (secondary N) is 1. The van der Waals surface area contributed by atoms with Crippen molar-refractivity contribution < 1.29 is 4.79 Å². The number of carbonyl (C=O) groups is 1. The van der Waals surface area contributed by atoms with Gasteiger partial charge in [0.1, 0.15) is 5.82 Å². The van der Waals surface area contributed by atoms with Gasteiger partial charge in [0.25, 0.3) is 5.91 Å². The average Bonchev–Trinajstić information content (AvgIpc) is 3.28. The highest BCUT2D eigenvalue weighted by molar-refractivity contribution is 5.95. The minimum atomic E-state index is 0.0326. The van der Waals surface area contributed by atoms with Crippen molar-refractivity contribution in [3.63, 3.8) is 0 Å². The number of nitrogens with two attached hydrogens (primary N) is 1. The highest BCUT2D eigenvalue weighted by Crippen LogP contribution is 2.35. The Kier molecular flexibility index (Phi) is 4.28. The Labute approximate surface area is 120 Å². The van der Waals surface area contributed by atoms with E-state index in [4.69, 9.17) is 5.84 Å². The molecule has 0 aliphatic heterocycles. The minimum Gasteiger partial charge on any atom is -0.339 e. The summed E-state index contributed by atoms with van der Waals surface area (Å²) in [7, 11) is 1.87. The SMILES string of the molecule is CC(C)c1cc(C(=O)N(C)C(C)C2CC2)cc(NN)n1. The molecule has 1 atom stereocenters. The number of aromatic nitrogens is 1. The van der Waals surface area contributed by atoms with E-state index >= 15 is 0 Å². The van der Waals surface area contributed by atoms with E-state index in [9.17, 15) is 4.79 Å². The van der Waals surface area contributed by atoms with Gasteiger partial charge in [-0.15, -0.1) is 0 Å². The highest BCUT2D eigenvalue weighted by Gasteiger charge is 2.32. The fourth-order valence-corrected chi connectivity index (χ4v) is 2.33. The first-order chi connectivity index (χ1) is 9.43. The van der Waals surface area contributed by atoms with Gasteiger partial charge in [0.2, 0.25) is 0 Å². The van der Waals surface area contributed by atoms with Crippen LogP contribution in [0.15, 0.2) is 12.1 Å². The van der Waals surface area contributed by atoms with Gasteiger partial charge in [-0.3, -0.25) is 4.79 Å². The predicted molar refractivity (Wildman–Crippen MR) is 80.4 cm³/mol. The summed E-state index contributed by atoms with van der Waals surface area (Å²) in [4.78, 5) is 18.8. The molecule has 1 aliphatic carbocycles. The van der Waals surface area contributed by atoms with Gasteiger partial charge in [-0.2, -0.15) is 0 Å². The van der Waals surface area contributed by atoms with Gasteiger partial charge < -0.3 is 10.3 Å². The maximum Gasteiger partial charge on any atom is 0.254 e. The maximum absolute atomic E-state index is 12.6. The molecule has 3 N–H and O–H groups in total. The van der Waals surface area contributed by atoms with Crippen molar-refractivity contribution in [1.29, 1.82) is 0 Å². The number of hydrogen-bond donors (Lipinski definition) is 2. The van der Waals surface area contributed by atoms with Gasteiger partial charge >= 0.3 is 0 Å². The molecule has 1 fully saturated rings. The van der Waals surface area contributed by atoms with E-state index in [0.717, 1.165) is 5.69 Å². The second-order valence-corrected chi connectivity index (χ2v) is 5.96. The van der Waals surface area contributed by atoms with Crippen LogP contribution in [0.1, 0.15) is 55.6 Å². The molecule has 0 radical (unpaired) electrons. The average molecular weight is 276 g/mol. The van der Waals surface area contributed by atoms with Crippen molar-refractivity contribution in [3.8, 4) is 0 Å². The molecule has 110 valence electrons. The number of pyridine rings is 1. The Morgan fingerprint density at radius 3 is 2.55 bits per heavy atom. The number of nitrogens with zero attached hydrogens (tertiary/aromatic N) is 2. The van der Waals surface area contributed by atoms with Crippen molar-refractivity contribution in [3.05, 3.63) is 23.4 Å². The lowest BCUT2D eigenvalue weighted by Gasteiger charge is -2.25. The lowest BCUT2D eigenvalue weighted by atomic mass is 10.1. The van der Waals surface area contributed by atoms with Gasteiger partial charge in [-0.05, 0) is 43.7 Å². The zero-order valence-corrected chi connectivity index (χ0v) is 12.7. The lowest BCUT2D eigenvalue weighted by molar-refractivity contribution is 0.0727. The van der Waals surface area contributed by atoms with E-state index in [-0.39, 0.29) is 17.9 Å². The molecule has 20 heavy (non-hydrogen) atoms. The van der Waals surface area contributed by atoms with Gasteiger partial charge in [0.05, 0.1) is 0 Å². The first-order valence-electron chi connectivity index (χ1n) is 7.19. The Bertz CT molecular complexity index is 497. The van der Waals surface area contributed by atoms with Crippen LogP contribution in [0.5, 0.6) is 0 Å². The Morgan fingerprint density at radius 1 is 1.40 bits per heavy atom. The summed E-state index contributed by atoms with van der Waals surface area (Å²) in [6.45, 7) is 6.21. The zero-order valence-electron chi connectivity index (χ0n) is 12.7. The molecule has 1 amide bonds. The summed E-state index contributed by atoms with van der Waals surface area (Å²) in [5, 5.41) is 0. The van der Waals surface area contributed by atoms with Gasteiger partial charge in [0.15, 0.2) is 0 Å². The molecule has 5 nitrogen and oxygen atoms in total. The molecule has 1 unspecified atom stereocenters. The van der Waals surface area contributed by atoms with Crippen molar-refractivity contribution in [2.45, 2.75) is 45.6 Å². The van der Waals surface area contributed by atoms with Gasteiger partial charge in [-0.1, -0.05) is 13.8 Å². The molecular formula is C15H24N4O. The molecule has 1 heterocycles. The molecule has 1 aliphatic rings. The number of hydrazine groups is 1. The maximum atomic E-state index is 12.6.